The quantitative estimate of drug-likeness (QED) is 0.298. The van der Waals surface area contributed by atoms with Crippen molar-refractivity contribution in [1.82, 2.24) is 30.1 Å². The van der Waals surface area contributed by atoms with Gasteiger partial charge in [-0.1, -0.05) is 13.0 Å². The summed E-state index contributed by atoms with van der Waals surface area (Å²) in [6, 6.07) is 14.9. The smallest absolute Gasteiger partial charge is 0.251 e. The minimum absolute atomic E-state index is 0.0863. The van der Waals surface area contributed by atoms with Crippen LogP contribution in [0.2, 0.25) is 0 Å². The fourth-order valence-electron chi connectivity index (χ4n) is 4.06. The Morgan fingerprint density at radius 1 is 1.03 bits per heavy atom. The number of benzene rings is 1. The molecule has 0 aliphatic carbocycles. The second-order valence-electron chi connectivity index (χ2n) is 8.21. The number of pyridine rings is 1. The Bertz CT molecular complexity index is 1520. The second kappa shape index (κ2) is 9.76. The number of aromatic nitrogens is 5. The lowest BCUT2D eigenvalue weighted by molar-refractivity contribution is -0.115. The van der Waals surface area contributed by atoms with Crippen molar-refractivity contribution in [3.63, 3.8) is 0 Å². The number of amides is 2. The molecule has 4 heterocycles. The Balaban J connectivity index is 1.23. The largest absolute Gasteiger partial charge is 0.352 e. The zero-order valence-corrected chi connectivity index (χ0v) is 19.3. The molecule has 5 aromatic rings. The first-order valence-electron chi connectivity index (χ1n) is 11.6. The summed E-state index contributed by atoms with van der Waals surface area (Å²) >= 11 is 0. The van der Waals surface area contributed by atoms with Gasteiger partial charge in [-0.2, -0.15) is 14.8 Å². The van der Waals surface area contributed by atoms with Crippen LogP contribution in [0, 0.1) is 0 Å². The average molecular weight is 468 g/mol. The molecule has 0 unspecified atom stereocenters. The zero-order valence-electron chi connectivity index (χ0n) is 19.3. The highest BCUT2D eigenvalue weighted by Gasteiger charge is 2.13. The number of aryl methyl sites for hydroxylation is 1. The van der Waals surface area contributed by atoms with Gasteiger partial charge in [-0.15, -0.1) is 0 Å². The zero-order chi connectivity index (χ0) is 24.2. The van der Waals surface area contributed by atoms with E-state index in [-0.39, 0.29) is 11.8 Å². The van der Waals surface area contributed by atoms with Crippen LogP contribution in [0.5, 0.6) is 0 Å². The lowest BCUT2D eigenvalue weighted by Crippen LogP contribution is -2.25. The van der Waals surface area contributed by atoms with E-state index in [1.165, 1.54) is 0 Å². The molecule has 1 aromatic carbocycles. The Morgan fingerprint density at radius 2 is 1.94 bits per heavy atom. The SMILES string of the molecule is CCC(=O)Nc1cccc(C(=O)NCCCc2cc3c(-c4cnn5ncccc45)ccnc3[nH]2)c1. The van der Waals surface area contributed by atoms with Gasteiger partial charge in [0.25, 0.3) is 5.91 Å². The van der Waals surface area contributed by atoms with Crippen molar-refractivity contribution in [2.24, 2.45) is 0 Å². The van der Waals surface area contributed by atoms with Gasteiger partial charge in [0.05, 0.1) is 11.7 Å². The van der Waals surface area contributed by atoms with Crippen LogP contribution in [0.4, 0.5) is 5.69 Å². The molecule has 0 saturated heterocycles. The lowest BCUT2D eigenvalue weighted by Gasteiger charge is -2.08. The van der Waals surface area contributed by atoms with Gasteiger partial charge in [0.15, 0.2) is 0 Å². The summed E-state index contributed by atoms with van der Waals surface area (Å²) in [5.74, 6) is -0.253. The molecule has 176 valence electrons. The maximum absolute atomic E-state index is 12.5. The number of rotatable bonds is 8. The number of anilines is 1. The normalized spacial score (nSPS) is 11.1. The first-order valence-corrected chi connectivity index (χ1v) is 11.6. The predicted octanol–water partition coefficient (Wildman–Crippen LogP) is 3.98. The lowest BCUT2D eigenvalue weighted by atomic mass is 10.1. The molecule has 0 spiro atoms. The molecule has 5 rings (SSSR count). The topological polar surface area (TPSA) is 117 Å². The number of H-pyrrole nitrogens is 1. The van der Waals surface area contributed by atoms with Gasteiger partial charge in [0, 0.05) is 53.3 Å². The number of fused-ring (bicyclic) bond motifs is 2. The summed E-state index contributed by atoms with van der Waals surface area (Å²) in [7, 11) is 0. The van der Waals surface area contributed by atoms with E-state index in [9.17, 15) is 9.59 Å². The average Bonchev–Trinajstić information content (AvgIpc) is 3.50. The fourth-order valence-corrected chi connectivity index (χ4v) is 4.06. The molecule has 0 aliphatic rings. The van der Waals surface area contributed by atoms with Crippen LogP contribution in [0.1, 0.15) is 35.8 Å². The van der Waals surface area contributed by atoms with Crippen molar-refractivity contribution < 1.29 is 9.59 Å². The Labute approximate surface area is 201 Å². The summed E-state index contributed by atoms with van der Waals surface area (Å²) in [4.78, 5) is 32.0. The molecule has 0 fully saturated rings. The van der Waals surface area contributed by atoms with Crippen molar-refractivity contribution in [1.29, 1.82) is 0 Å². The summed E-state index contributed by atoms with van der Waals surface area (Å²) in [6.07, 6.45) is 7.23. The Hall–Kier alpha value is -4.53. The van der Waals surface area contributed by atoms with E-state index in [2.05, 4.69) is 36.9 Å². The molecule has 9 nitrogen and oxygen atoms in total. The molecule has 2 amide bonds. The van der Waals surface area contributed by atoms with Gasteiger partial charge in [-0.05, 0) is 60.9 Å². The fraction of sp³-hybridized carbons (Fsp3) is 0.192. The van der Waals surface area contributed by atoms with E-state index in [0.717, 1.165) is 46.2 Å². The molecule has 0 bridgehead atoms. The highest BCUT2D eigenvalue weighted by Crippen LogP contribution is 2.31. The van der Waals surface area contributed by atoms with Crippen LogP contribution in [0.25, 0.3) is 27.7 Å². The summed E-state index contributed by atoms with van der Waals surface area (Å²) in [6.45, 7) is 2.31. The maximum Gasteiger partial charge on any atom is 0.251 e. The first kappa shape index (κ1) is 22.3. The van der Waals surface area contributed by atoms with Gasteiger partial charge in [-0.3, -0.25) is 9.59 Å². The van der Waals surface area contributed by atoms with Crippen LogP contribution in [0.15, 0.2) is 67.1 Å². The van der Waals surface area contributed by atoms with Crippen molar-refractivity contribution in [2.75, 3.05) is 11.9 Å². The molecular formula is C26H25N7O2. The predicted molar refractivity (Wildman–Crippen MR) is 134 cm³/mol. The molecule has 35 heavy (non-hydrogen) atoms. The van der Waals surface area contributed by atoms with Crippen LogP contribution < -0.4 is 10.6 Å². The van der Waals surface area contributed by atoms with Crippen molar-refractivity contribution in [2.45, 2.75) is 26.2 Å². The molecule has 0 atom stereocenters. The third-order valence-corrected chi connectivity index (χ3v) is 5.82. The third-order valence-electron chi connectivity index (χ3n) is 5.82. The molecule has 0 radical (unpaired) electrons. The van der Waals surface area contributed by atoms with Crippen LogP contribution in [-0.4, -0.2) is 43.2 Å². The second-order valence-corrected chi connectivity index (χ2v) is 8.21. The number of carbonyl (C=O) groups excluding carboxylic acids is 2. The number of hydrogen-bond acceptors (Lipinski definition) is 5. The van der Waals surface area contributed by atoms with Gasteiger partial charge < -0.3 is 15.6 Å². The maximum atomic E-state index is 12.5. The first-order chi connectivity index (χ1) is 17.1. The standard InChI is InChI=1S/C26H25N7O2/c1-2-24(34)31-18-7-3-6-17(14-18)26(35)28-11-4-8-19-15-21-20(10-13-27-25(21)32-19)22-16-30-33-23(22)9-5-12-29-33/h3,5-7,9-10,12-16H,2,4,8,11H2,1H3,(H,27,32)(H,28,35)(H,31,34). The minimum atomic E-state index is -0.167. The minimum Gasteiger partial charge on any atom is -0.352 e. The van der Waals surface area contributed by atoms with Crippen molar-refractivity contribution >= 4 is 34.1 Å². The summed E-state index contributed by atoms with van der Waals surface area (Å²) in [5.41, 5.74) is 5.98. The van der Waals surface area contributed by atoms with E-state index >= 15 is 0 Å². The molecule has 0 aliphatic heterocycles. The van der Waals surface area contributed by atoms with Crippen molar-refractivity contribution in [3.05, 3.63) is 78.4 Å². The van der Waals surface area contributed by atoms with Gasteiger partial charge >= 0.3 is 0 Å². The number of nitrogens with zero attached hydrogens (tertiary/aromatic N) is 4. The highest BCUT2D eigenvalue weighted by atomic mass is 16.2. The Morgan fingerprint density at radius 3 is 2.83 bits per heavy atom. The van der Waals surface area contributed by atoms with Gasteiger partial charge in [0.2, 0.25) is 5.91 Å². The van der Waals surface area contributed by atoms with E-state index in [0.29, 0.717) is 24.2 Å². The number of hydrogen-bond donors (Lipinski definition) is 3. The molecule has 4 aromatic heterocycles. The molecule has 0 saturated carbocycles. The van der Waals surface area contributed by atoms with Gasteiger partial charge in [0.1, 0.15) is 5.65 Å². The summed E-state index contributed by atoms with van der Waals surface area (Å²) in [5, 5.41) is 15.3. The third kappa shape index (κ3) is 4.74. The molecule has 9 heteroatoms. The van der Waals surface area contributed by atoms with Crippen LogP contribution in [0.3, 0.4) is 0 Å². The van der Waals surface area contributed by atoms with E-state index in [1.807, 2.05) is 24.4 Å². The molecular weight excluding hydrogens is 442 g/mol. The summed E-state index contributed by atoms with van der Waals surface area (Å²) < 4.78 is 1.62. The van der Waals surface area contributed by atoms with Crippen molar-refractivity contribution in [3.8, 4) is 11.1 Å². The monoisotopic (exact) mass is 467 g/mol. The van der Waals surface area contributed by atoms with Crippen LogP contribution >= 0.6 is 0 Å². The van der Waals surface area contributed by atoms with E-state index in [4.69, 9.17) is 0 Å². The van der Waals surface area contributed by atoms with E-state index < -0.39 is 0 Å². The number of carbonyl (C=O) groups is 2. The van der Waals surface area contributed by atoms with E-state index in [1.54, 1.807) is 48.2 Å². The van der Waals surface area contributed by atoms with Gasteiger partial charge in [-0.25, -0.2) is 4.98 Å². The highest BCUT2D eigenvalue weighted by molar-refractivity contribution is 5.98. The Kier molecular flexibility index (Phi) is 6.21. The van der Waals surface area contributed by atoms with Crippen LogP contribution in [-0.2, 0) is 11.2 Å². The number of aromatic amines is 1. The molecule has 3 N–H and O–H groups in total. The number of nitrogens with one attached hydrogen (secondary N) is 3.